The van der Waals surface area contributed by atoms with Crippen LogP contribution < -0.4 is 14.4 Å². The van der Waals surface area contributed by atoms with E-state index in [4.69, 9.17) is 9.47 Å². The van der Waals surface area contributed by atoms with Crippen molar-refractivity contribution in [2.24, 2.45) is 0 Å². The molecule has 0 bridgehead atoms. The lowest BCUT2D eigenvalue weighted by molar-refractivity contribution is 0.0983. The van der Waals surface area contributed by atoms with Crippen LogP contribution in [0.25, 0.3) is 0 Å². The second-order valence-electron chi connectivity index (χ2n) is 6.15. The van der Waals surface area contributed by atoms with E-state index in [0.717, 1.165) is 24.8 Å². The van der Waals surface area contributed by atoms with Gasteiger partial charge in [-0.05, 0) is 59.0 Å². The molecule has 0 fully saturated rings. The molecule has 0 spiro atoms. The van der Waals surface area contributed by atoms with Crippen LogP contribution in [0.5, 0.6) is 11.5 Å². The number of para-hydroxylation sites is 1. The Morgan fingerprint density at radius 1 is 1.35 bits per heavy atom. The quantitative estimate of drug-likeness (QED) is 0.683. The number of rotatable bonds is 5. The molecule has 1 amide bonds. The van der Waals surface area contributed by atoms with Crippen LogP contribution in [0.4, 0.5) is 10.1 Å². The molecule has 4 nitrogen and oxygen atoms in total. The Morgan fingerprint density at radius 2 is 2.15 bits per heavy atom. The van der Waals surface area contributed by atoms with Gasteiger partial charge in [0, 0.05) is 12.1 Å². The molecule has 3 rings (SSSR count). The molecule has 1 aliphatic rings. The Kier molecular flexibility index (Phi) is 5.81. The fourth-order valence-corrected chi connectivity index (χ4v) is 3.71. The van der Waals surface area contributed by atoms with E-state index < -0.39 is 0 Å². The Labute approximate surface area is 161 Å². The van der Waals surface area contributed by atoms with Gasteiger partial charge in [-0.15, -0.1) is 0 Å². The Balaban J connectivity index is 1.98. The predicted molar refractivity (Wildman–Crippen MR) is 103 cm³/mol. The first-order chi connectivity index (χ1) is 12.6. The molecular formula is C20H21BrFNO3. The van der Waals surface area contributed by atoms with E-state index in [9.17, 15) is 9.18 Å². The van der Waals surface area contributed by atoms with Crippen molar-refractivity contribution in [3.8, 4) is 11.5 Å². The molecule has 0 aromatic heterocycles. The summed E-state index contributed by atoms with van der Waals surface area (Å²) in [7, 11) is 1.53. The topological polar surface area (TPSA) is 38.8 Å². The van der Waals surface area contributed by atoms with Crippen LogP contribution in [0.3, 0.4) is 0 Å². The zero-order chi connectivity index (χ0) is 18.7. The summed E-state index contributed by atoms with van der Waals surface area (Å²) in [5.41, 5.74) is 1.66. The van der Waals surface area contributed by atoms with Gasteiger partial charge in [-0.1, -0.05) is 19.1 Å². The zero-order valence-corrected chi connectivity index (χ0v) is 16.4. The number of methoxy groups -OCH3 is 1. The second-order valence-corrected chi connectivity index (χ2v) is 7.00. The summed E-state index contributed by atoms with van der Waals surface area (Å²) >= 11 is 3.46. The minimum atomic E-state index is -0.371. The minimum absolute atomic E-state index is 0.253. The normalized spacial score (nSPS) is 13.3. The number of fused-ring (bicyclic) bond motifs is 1. The van der Waals surface area contributed by atoms with Crippen molar-refractivity contribution in [3.05, 3.63) is 51.7 Å². The number of nitrogens with zero attached hydrogens (tertiary/aromatic N) is 1. The van der Waals surface area contributed by atoms with Crippen LogP contribution in [0.15, 0.2) is 34.8 Å². The molecule has 2 aromatic carbocycles. The number of hydrogen-bond donors (Lipinski definition) is 0. The van der Waals surface area contributed by atoms with Gasteiger partial charge in [-0.25, -0.2) is 4.39 Å². The molecular weight excluding hydrogens is 401 g/mol. The SMILES string of the molecule is CCCOc1c(Br)cc(C(=O)N2CCCc3cccc(F)c32)cc1OC. The van der Waals surface area contributed by atoms with E-state index in [-0.39, 0.29) is 11.7 Å². The average molecular weight is 422 g/mol. The Morgan fingerprint density at radius 3 is 2.88 bits per heavy atom. The smallest absolute Gasteiger partial charge is 0.258 e. The first-order valence-corrected chi connectivity index (χ1v) is 9.45. The summed E-state index contributed by atoms with van der Waals surface area (Å²) in [6, 6.07) is 8.29. The number of carbonyl (C=O) groups excluding carboxylic acids is 1. The summed E-state index contributed by atoms with van der Waals surface area (Å²) in [5.74, 6) is 0.416. The van der Waals surface area contributed by atoms with Gasteiger partial charge in [0.15, 0.2) is 11.5 Å². The first kappa shape index (κ1) is 18.7. The lowest BCUT2D eigenvalue weighted by Gasteiger charge is -2.30. The van der Waals surface area contributed by atoms with Crippen LogP contribution in [-0.2, 0) is 6.42 Å². The first-order valence-electron chi connectivity index (χ1n) is 8.66. The lowest BCUT2D eigenvalue weighted by atomic mass is 10.00. The summed E-state index contributed by atoms with van der Waals surface area (Å²) < 4.78 is 26.1. The number of hydrogen-bond acceptors (Lipinski definition) is 3. The van der Waals surface area contributed by atoms with Gasteiger partial charge in [0.1, 0.15) is 5.82 Å². The maximum Gasteiger partial charge on any atom is 0.258 e. The van der Waals surface area contributed by atoms with Crippen LogP contribution in [0, 0.1) is 5.82 Å². The average Bonchev–Trinajstić information content (AvgIpc) is 2.65. The highest BCUT2D eigenvalue weighted by atomic mass is 79.9. The molecule has 0 N–H and O–H groups in total. The minimum Gasteiger partial charge on any atom is -0.493 e. The van der Waals surface area contributed by atoms with E-state index in [2.05, 4.69) is 15.9 Å². The third-order valence-corrected chi connectivity index (χ3v) is 4.93. The predicted octanol–water partition coefficient (Wildman–Crippen LogP) is 4.98. The fraction of sp³-hybridized carbons (Fsp3) is 0.350. The summed E-state index contributed by atoms with van der Waals surface area (Å²) in [6.07, 6.45) is 2.44. The molecule has 2 aromatic rings. The maximum atomic E-state index is 14.4. The number of ether oxygens (including phenoxy) is 2. The van der Waals surface area contributed by atoms with Crippen molar-refractivity contribution in [2.45, 2.75) is 26.2 Å². The number of aryl methyl sites for hydroxylation is 1. The Bertz CT molecular complexity index is 825. The highest BCUT2D eigenvalue weighted by molar-refractivity contribution is 9.10. The van der Waals surface area contributed by atoms with Gasteiger partial charge in [0.25, 0.3) is 5.91 Å². The third kappa shape index (κ3) is 3.56. The third-order valence-electron chi connectivity index (χ3n) is 4.34. The molecule has 6 heteroatoms. The van der Waals surface area contributed by atoms with Crippen LogP contribution >= 0.6 is 15.9 Å². The van der Waals surface area contributed by atoms with Crippen molar-refractivity contribution in [2.75, 3.05) is 25.2 Å². The molecule has 0 saturated carbocycles. The van der Waals surface area contributed by atoms with Gasteiger partial charge in [0.2, 0.25) is 0 Å². The molecule has 1 heterocycles. The second kappa shape index (κ2) is 8.08. The number of benzene rings is 2. The Hall–Kier alpha value is -2.08. The molecule has 0 atom stereocenters. The van der Waals surface area contributed by atoms with Gasteiger partial charge in [-0.3, -0.25) is 4.79 Å². The van der Waals surface area contributed by atoms with Crippen molar-refractivity contribution in [1.82, 2.24) is 0 Å². The van der Waals surface area contributed by atoms with Crippen molar-refractivity contribution in [3.63, 3.8) is 0 Å². The summed E-state index contributed by atoms with van der Waals surface area (Å²) in [4.78, 5) is 14.6. The number of anilines is 1. The van der Waals surface area contributed by atoms with Crippen molar-refractivity contribution < 1.29 is 18.7 Å². The van der Waals surface area contributed by atoms with Crippen LogP contribution in [0.1, 0.15) is 35.7 Å². The van der Waals surface area contributed by atoms with Crippen LogP contribution in [-0.4, -0.2) is 26.2 Å². The maximum absolute atomic E-state index is 14.4. The molecule has 138 valence electrons. The van der Waals surface area contributed by atoms with Crippen molar-refractivity contribution in [1.29, 1.82) is 0 Å². The molecule has 0 saturated heterocycles. The number of amides is 1. The largest absolute Gasteiger partial charge is 0.493 e. The van der Waals surface area contributed by atoms with Gasteiger partial charge < -0.3 is 14.4 Å². The standard InChI is InChI=1S/C20H21BrFNO3/c1-3-10-26-19-15(21)11-14(12-17(19)25-2)20(24)23-9-5-7-13-6-4-8-16(22)18(13)23/h4,6,8,11-12H,3,5,7,9-10H2,1-2H3. The fourth-order valence-electron chi connectivity index (χ4n) is 3.15. The highest BCUT2D eigenvalue weighted by Gasteiger charge is 2.27. The van der Waals surface area contributed by atoms with Crippen molar-refractivity contribution >= 4 is 27.5 Å². The van der Waals surface area contributed by atoms with E-state index in [1.807, 2.05) is 13.0 Å². The highest BCUT2D eigenvalue weighted by Crippen LogP contribution is 2.38. The summed E-state index contributed by atoms with van der Waals surface area (Å²) in [5, 5.41) is 0. The summed E-state index contributed by atoms with van der Waals surface area (Å²) in [6.45, 7) is 3.05. The number of halogens is 2. The molecule has 0 aliphatic carbocycles. The van der Waals surface area contributed by atoms with E-state index in [1.54, 1.807) is 18.2 Å². The molecule has 0 unspecified atom stereocenters. The van der Waals surface area contributed by atoms with E-state index in [0.29, 0.717) is 40.4 Å². The van der Waals surface area contributed by atoms with E-state index >= 15 is 0 Å². The van der Waals surface area contributed by atoms with Crippen LogP contribution in [0.2, 0.25) is 0 Å². The monoisotopic (exact) mass is 421 g/mol. The lowest BCUT2D eigenvalue weighted by Crippen LogP contribution is -2.36. The van der Waals surface area contributed by atoms with E-state index in [1.165, 1.54) is 18.1 Å². The zero-order valence-electron chi connectivity index (χ0n) is 14.9. The molecule has 1 aliphatic heterocycles. The molecule has 26 heavy (non-hydrogen) atoms. The number of carbonyl (C=O) groups is 1. The van der Waals surface area contributed by atoms with Gasteiger partial charge in [-0.2, -0.15) is 0 Å². The van der Waals surface area contributed by atoms with Gasteiger partial charge >= 0.3 is 0 Å². The molecule has 0 radical (unpaired) electrons. The van der Waals surface area contributed by atoms with Gasteiger partial charge in [0.05, 0.1) is 23.9 Å².